The number of methoxy groups -OCH3 is 1. The summed E-state index contributed by atoms with van der Waals surface area (Å²) < 4.78 is 5.37. The number of piperazine rings is 1. The molecule has 1 fully saturated rings. The Balaban J connectivity index is 0.000000717. The summed E-state index contributed by atoms with van der Waals surface area (Å²) in [5, 5.41) is 36.5. The number of aliphatic carboxylic acids is 2. The first-order chi connectivity index (χ1) is 17.8. The van der Waals surface area contributed by atoms with E-state index >= 15 is 0 Å². The van der Waals surface area contributed by atoms with Gasteiger partial charge in [-0.25, -0.2) is 9.59 Å². The highest BCUT2D eigenvalue weighted by Gasteiger charge is 2.28. The molecule has 3 rings (SSSR count). The standard InChI is InChI=1S/C25H39N3O3.C2H2O4/c1-3-4-5-6-7-13-27-14-15-28(20(18-27)11-16-29)19-25(30)22-10-12-26-24-9-8-21(31-2)17-23(22)24;3-1(4)2(5)6/h8-10,12,17,20,25,29-30H,3-7,11,13-16,18-19H2,1-2H3;(H,3,4)(H,5,6)/t20-,25?;/m1./s1. The van der Waals surface area contributed by atoms with E-state index in [0.717, 1.165) is 54.8 Å². The third-order valence-electron chi connectivity index (χ3n) is 6.66. The second kappa shape index (κ2) is 16.1. The molecule has 10 nitrogen and oxygen atoms in total. The van der Waals surface area contributed by atoms with Gasteiger partial charge in [-0.1, -0.05) is 32.6 Å². The van der Waals surface area contributed by atoms with Gasteiger partial charge in [-0.15, -0.1) is 0 Å². The van der Waals surface area contributed by atoms with Gasteiger partial charge in [-0.3, -0.25) is 9.88 Å². The fourth-order valence-electron chi connectivity index (χ4n) is 4.65. The van der Waals surface area contributed by atoms with Crippen LogP contribution in [-0.4, -0.2) is 99.6 Å². The molecule has 206 valence electrons. The van der Waals surface area contributed by atoms with E-state index in [1.807, 2.05) is 24.3 Å². The molecule has 1 unspecified atom stereocenters. The van der Waals surface area contributed by atoms with Gasteiger partial charge in [-0.2, -0.15) is 0 Å². The summed E-state index contributed by atoms with van der Waals surface area (Å²) in [7, 11) is 1.65. The van der Waals surface area contributed by atoms with Crippen molar-refractivity contribution in [2.75, 3.05) is 46.4 Å². The summed E-state index contributed by atoms with van der Waals surface area (Å²) in [6, 6.07) is 7.94. The zero-order valence-electron chi connectivity index (χ0n) is 21.9. The zero-order chi connectivity index (χ0) is 27.2. The minimum absolute atomic E-state index is 0.178. The molecule has 2 atom stereocenters. The van der Waals surface area contributed by atoms with Crippen molar-refractivity contribution in [3.8, 4) is 5.75 Å². The van der Waals surface area contributed by atoms with Crippen LogP contribution in [0.25, 0.3) is 10.9 Å². The van der Waals surface area contributed by atoms with Crippen molar-refractivity contribution in [3.05, 3.63) is 36.0 Å². The average molecular weight is 520 g/mol. The lowest BCUT2D eigenvalue weighted by Gasteiger charge is -2.42. The summed E-state index contributed by atoms with van der Waals surface area (Å²) in [6.45, 7) is 7.03. The van der Waals surface area contributed by atoms with Crippen molar-refractivity contribution < 1.29 is 34.8 Å². The third-order valence-corrected chi connectivity index (χ3v) is 6.66. The Labute approximate surface area is 218 Å². The van der Waals surface area contributed by atoms with Crippen LogP contribution >= 0.6 is 0 Å². The van der Waals surface area contributed by atoms with Crippen molar-refractivity contribution in [1.82, 2.24) is 14.8 Å². The molecule has 1 aromatic heterocycles. The van der Waals surface area contributed by atoms with Gasteiger partial charge < -0.3 is 30.1 Å². The molecule has 2 heterocycles. The van der Waals surface area contributed by atoms with E-state index in [4.69, 9.17) is 24.5 Å². The Hall–Kier alpha value is -2.79. The van der Waals surface area contributed by atoms with Gasteiger partial charge in [0.05, 0.1) is 18.7 Å². The van der Waals surface area contributed by atoms with Gasteiger partial charge in [0.1, 0.15) is 5.75 Å². The summed E-state index contributed by atoms with van der Waals surface area (Å²) in [5.41, 5.74) is 1.74. The molecule has 4 N–H and O–H groups in total. The molecule has 1 aliphatic rings. The fourth-order valence-corrected chi connectivity index (χ4v) is 4.65. The topological polar surface area (TPSA) is 144 Å². The second-order valence-corrected chi connectivity index (χ2v) is 9.29. The molecular formula is C27H41N3O7. The van der Waals surface area contributed by atoms with Crippen LogP contribution in [0.15, 0.2) is 30.5 Å². The average Bonchev–Trinajstić information content (AvgIpc) is 2.89. The molecule has 0 radical (unpaired) electrons. The zero-order valence-corrected chi connectivity index (χ0v) is 21.9. The van der Waals surface area contributed by atoms with E-state index in [1.54, 1.807) is 13.3 Å². The predicted molar refractivity (Wildman–Crippen MR) is 141 cm³/mol. The highest BCUT2D eigenvalue weighted by Crippen LogP contribution is 2.28. The van der Waals surface area contributed by atoms with Crippen LogP contribution < -0.4 is 4.74 Å². The molecule has 1 aliphatic heterocycles. The second-order valence-electron chi connectivity index (χ2n) is 9.29. The van der Waals surface area contributed by atoms with Crippen molar-refractivity contribution in [2.45, 2.75) is 57.6 Å². The van der Waals surface area contributed by atoms with Gasteiger partial charge >= 0.3 is 11.9 Å². The van der Waals surface area contributed by atoms with Crippen molar-refractivity contribution in [1.29, 1.82) is 0 Å². The van der Waals surface area contributed by atoms with Gasteiger partial charge in [0.15, 0.2) is 0 Å². The van der Waals surface area contributed by atoms with E-state index in [9.17, 15) is 10.2 Å². The number of aliphatic hydroxyl groups excluding tert-OH is 2. The summed E-state index contributed by atoms with van der Waals surface area (Å²) >= 11 is 0. The fraction of sp³-hybridized carbons (Fsp3) is 0.593. The Kier molecular flexibility index (Phi) is 13.3. The van der Waals surface area contributed by atoms with E-state index in [1.165, 1.54) is 32.1 Å². The number of hydrogen-bond acceptors (Lipinski definition) is 8. The normalized spacial score (nSPS) is 17.1. The maximum absolute atomic E-state index is 11.1. The maximum atomic E-state index is 11.1. The first-order valence-corrected chi connectivity index (χ1v) is 12.9. The lowest BCUT2D eigenvalue weighted by Crippen LogP contribution is -2.54. The van der Waals surface area contributed by atoms with Gasteiger partial charge in [0.25, 0.3) is 0 Å². The van der Waals surface area contributed by atoms with Crippen LogP contribution in [0, 0.1) is 0 Å². The Morgan fingerprint density at radius 2 is 1.84 bits per heavy atom. The maximum Gasteiger partial charge on any atom is 0.414 e. The molecule has 0 amide bonds. The number of carboxylic acids is 2. The summed E-state index contributed by atoms with van der Waals surface area (Å²) in [5.74, 6) is -2.88. The van der Waals surface area contributed by atoms with Gasteiger partial charge in [0, 0.05) is 50.4 Å². The Morgan fingerprint density at radius 3 is 2.49 bits per heavy atom. The minimum Gasteiger partial charge on any atom is -0.497 e. The third kappa shape index (κ3) is 9.88. The van der Waals surface area contributed by atoms with E-state index < -0.39 is 18.0 Å². The molecule has 2 aromatic rings. The van der Waals surface area contributed by atoms with Crippen LogP contribution in [0.1, 0.15) is 57.1 Å². The van der Waals surface area contributed by atoms with Crippen LogP contribution in [0.3, 0.4) is 0 Å². The lowest BCUT2D eigenvalue weighted by molar-refractivity contribution is -0.159. The molecule has 0 bridgehead atoms. The number of fused-ring (bicyclic) bond motifs is 1. The predicted octanol–water partition coefficient (Wildman–Crippen LogP) is 2.77. The molecule has 0 saturated carbocycles. The highest BCUT2D eigenvalue weighted by molar-refractivity contribution is 6.27. The number of aromatic nitrogens is 1. The van der Waals surface area contributed by atoms with E-state index in [2.05, 4.69) is 21.7 Å². The molecule has 1 aromatic carbocycles. The highest BCUT2D eigenvalue weighted by atomic mass is 16.5. The monoisotopic (exact) mass is 519 g/mol. The number of β-amino-alcohol motifs (C(OH)–C–C–N with tert-alkyl or cyclic N) is 1. The molecule has 0 spiro atoms. The lowest BCUT2D eigenvalue weighted by atomic mass is 10.0. The van der Waals surface area contributed by atoms with Crippen molar-refractivity contribution in [3.63, 3.8) is 0 Å². The number of carbonyl (C=O) groups is 2. The molecule has 1 saturated heterocycles. The largest absolute Gasteiger partial charge is 0.497 e. The molecular weight excluding hydrogens is 478 g/mol. The number of pyridine rings is 1. The van der Waals surface area contributed by atoms with Crippen LogP contribution in [0.4, 0.5) is 0 Å². The van der Waals surface area contributed by atoms with E-state index in [0.29, 0.717) is 6.54 Å². The number of unbranched alkanes of at least 4 members (excludes halogenated alkanes) is 4. The minimum atomic E-state index is -1.82. The SMILES string of the molecule is CCCCCCCN1CCN(CC(O)c2ccnc3ccc(OC)cc23)[C@H](CCO)C1.O=C(O)C(=O)O. The number of hydrogen-bond donors (Lipinski definition) is 4. The Bertz CT molecular complexity index is 976. The van der Waals surface area contributed by atoms with Gasteiger partial charge in [-0.05, 0) is 49.2 Å². The van der Waals surface area contributed by atoms with Crippen LogP contribution in [0.5, 0.6) is 5.75 Å². The van der Waals surface area contributed by atoms with Crippen LogP contribution in [-0.2, 0) is 9.59 Å². The van der Waals surface area contributed by atoms with Crippen molar-refractivity contribution in [2.24, 2.45) is 0 Å². The number of rotatable bonds is 12. The molecule has 10 heteroatoms. The summed E-state index contributed by atoms with van der Waals surface area (Å²) in [6.07, 6.45) is 8.37. The van der Waals surface area contributed by atoms with E-state index in [-0.39, 0.29) is 12.6 Å². The van der Waals surface area contributed by atoms with Crippen LogP contribution in [0.2, 0.25) is 0 Å². The number of carboxylic acid groups (broad SMARTS) is 2. The number of ether oxygens (including phenoxy) is 1. The van der Waals surface area contributed by atoms with Crippen molar-refractivity contribution >= 4 is 22.8 Å². The number of benzene rings is 1. The number of nitrogens with zero attached hydrogens (tertiary/aromatic N) is 3. The first-order valence-electron chi connectivity index (χ1n) is 12.9. The Morgan fingerprint density at radius 1 is 1.11 bits per heavy atom. The molecule has 37 heavy (non-hydrogen) atoms. The quantitative estimate of drug-likeness (QED) is 0.244. The summed E-state index contributed by atoms with van der Waals surface area (Å²) in [4.78, 5) is 27.5. The number of aliphatic hydroxyl groups is 2. The van der Waals surface area contributed by atoms with Gasteiger partial charge in [0.2, 0.25) is 0 Å². The molecule has 0 aliphatic carbocycles. The smallest absolute Gasteiger partial charge is 0.414 e. The first kappa shape index (κ1) is 30.4.